The number of carbonyl (C=O) groups excluding carboxylic acids is 3. The summed E-state index contributed by atoms with van der Waals surface area (Å²) in [5, 5.41) is 0. The predicted molar refractivity (Wildman–Crippen MR) is 316 cm³/mol. The Hall–Kier alpha value is -3.93. The molecule has 1 atom stereocenters. The molecule has 0 spiro atoms. The average molecular weight is 1010 g/mol. The Morgan fingerprint density at radius 2 is 0.575 bits per heavy atom. The molecule has 0 aromatic carbocycles. The monoisotopic (exact) mass is 1010 g/mol. The third-order valence-electron chi connectivity index (χ3n) is 12.8. The van der Waals surface area contributed by atoms with E-state index in [4.69, 9.17) is 14.2 Å². The smallest absolute Gasteiger partial charge is 0.306 e. The van der Waals surface area contributed by atoms with Crippen LogP contribution in [0.5, 0.6) is 0 Å². The van der Waals surface area contributed by atoms with E-state index in [1.54, 1.807) is 0 Å². The molecule has 6 nitrogen and oxygen atoms in total. The van der Waals surface area contributed by atoms with E-state index in [-0.39, 0.29) is 44.0 Å². The van der Waals surface area contributed by atoms with Crippen LogP contribution >= 0.6 is 0 Å². The van der Waals surface area contributed by atoms with Gasteiger partial charge in [0.15, 0.2) is 6.10 Å². The third kappa shape index (κ3) is 58.8. The van der Waals surface area contributed by atoms with Crippen molar-refractivity contribution in [3.63, 3.8) is 0 Å². The molecule has 0 fully saturated rings. The number of hydrogen-bond acceptors (Lipinski definition) is 6. The first-order valence-electron chi connectivity index (χ1n) is 30.4. The van der Waals surface area contributed by atoms with Crippen LogP contribution in [0.3, 0.4) is 0 Å². The minimum atomic E-state index is -0.830. The normalized spacial score (nSPS) is 12.9. The molecule has 416 valence electrons. The largest absolute Gasteiger partial charge is 0.462 e. The van der Waals surface area contributed by atoms with E-state index in [9.17, 15) is 14.4 Å². The highest BCUT2D eigenvalue weighted by Crippen LogP contribution is 2.16. The van der Waals surface area contributed by atoms with Gasteiger partial charge in [0.25, 0.3) is 0 Å². The van der Waals surface area contributed by atoms with Crippen LogP contribution < -0.4 is 0 Å². The lowest BCUT2D eigenvalue weighted by atomic mass is 10.0. The minimum Gasteiger partial charge on any atom is -0.462 e. The second-order valence-corrected chi connectivity index (χ2v) is 19.9. The van der Waals surface area contributed by atoms with E-state index in [0.717, 1.165) is 77.0 Å². The summed E-state index contributed by atoms with van der Waals surface area (Å²) in [6.07, 6.45) is 82.5. The van der Waals surface area contributed by atoms with Crippen LogP contribution in [0.15, 0.2) is 109 Å². The molecule has 0 saturated heterocycles. The molecule has 0 amide bonds. The number of allylic oxidation sites excluding steroid dienone is 18. The zero-order valence-corrected chi connectivity index (χ0v) is 47.6. The standard InChI is InChI=1S/C67H112O6/c1-4-7-10-13-16-19-22-25-28-31-33-36-39-42-45-48-51-54-57-60-66(69)72-63-64(62-71-65(68)59-56-53-50-47-44-41-38-35-30-27-24-21-18-15-12-9-6-3)73-67(70)61-58-55-52-49-46-43-40-37-34-32-29-26-23-20-17-14-11-8-5-2/h7,10,16,19,25,27-28,30,33,36,38,41-42,45,47,50-51,54,64H,4-6,8-9,11-15,17-18,20-24,26,29,31-32,34-35,37,39-40,43-44,46,48-49,52-53,55-63H2,1-3H3/b10-7-,19-16-,28-25-,30-27-,36-33-,41-38-,45-42-,50-47-,54-51-/t64-/m0/s1. The molecule has 0 heterocycles. The van der Waals surface area contributed by atoms with Crippen LogP contribution in [-0.2, 0) is 28.6 Å². The summed E-state index contributed by atoms with van der Waals surface area (Å²) in [6, 6.07) is 0. The predicted octanol–water partition coefficient (Wildman–Crippen LogP) is 20.7. The van der Waals surface area contributed by atoms with Gasteiger partial charge in [-0.3, -0.25) is 14.4 Å². The van der Waals surface area contributed by atoms with Crippen molar-refractivity contribution in [1.29, 1.82) is 0 Å². The second-order valence-electron chi connectivity index (χ2n) is 19.9. The first kappa shape index (κ1) is 69.1. The molecule has 0 aliphatic heterocycles. The molecule has 0 saturated carbocycles. The van der Waals surface area contributed by atoms with Gasteiger partial charge in [0.1, 0.15) is 13.2 Å². The van der Waals surface area contributed by atoms with Gasteiger partial charge in [0.05, 0.1) is 0 Å². The number of rotatable bonds is 54. The van der Waals surface area contributed by atoms with Gasteiger partial charge >= 0.3 is 17.9 Å². The molecular weight excluding hydrogens is 901 g/mol. The molecule has 0 aliphatic rings. The molecule has 0 N–H and O–H groups in total. The van der Waals surface area contributed by atoms with Crippen LogP contribution in [-0.4, -0.2) is 37.2 Å². The van der Waals surface area contributed by atoms with Gasteiger partial charge in [0, 0.05) is 19.3 Å². The van der Waals surface area contributed by atoms with Gasteiger partial charge in [-0.05, 0) is 89.9 Å². The van der Waals surface area contributed by atoms with E-state index < -0.39 is 6.10 Å². The summed E-state index contributed by atoms with van der Waals surface area (Å²) in [7, 11) is 0. The molecule has 6 heteroatoms. The topological polar surface area (TPSA) is 78.9 Å². The van der Waals surface area contributed by atoms with Crippen molar-refractivity contribution in [2.75, 3.05) is 13.2 Å². The Kier molecular flexibility index (Phi) is 57.4. The maximum Gasteiger partial charge on any atom is 0.306 e. The fourth-order valence-corrected chi connectivity index (χ4v) is 8.25. The van der Waals surface area contributed by atoms with Crippen LogP contribution in [0, 0.1) is 0 Å². The summed E-state index contributed by atoms with van der Waals surface area (Å²) < 4.78 is 16.8. The van der Waals surface area contributed by atoms with Crippen LogP contribution in [0.1, 0.15) is 278 Å². The summed E-state index contributed by atoms with van der Waals surface area (Å²) in [5.41, 5.74) is 0. The highest BCUT2D eigenvalue weighted by molar-refractivity contribution is 5.71. The van der Waals surface area contributed by atoms with Gasteiger partial charge in [-0.1, -0.05) is 278 Å². The number of ether oxygens (including phenoxy) is 3. The molecule has 0 aromatic heterocycles. The van der Waals surface area contributed by atoms with Crippen molar-refractivity contribution < 1.29 is 28.6 Å². The number of unbranched alkanes of at least 4 members (excludes halogenated alkanes) is 25. The molecule has 0 rings (SSSR count). The van der Waals surface area contributed by atoms with E-state index in [0.29, 0.717) is 19.3 Å². The fourth-order valence-electron chi connectivity index (χ4n) is 8.25. The number of esters is 3. The maximum absolute atomic E-state index is 12.9. The first-order valence-corrected chi connectivity index (χ1v) is 30.4. The Morgan fingerprint density at radius 1 is 0.288 bits per heavy atom. The second kappa shape index (κ2) is 60.6. The minimum absolute atomic E-state index is 0.127. The first-order chi connectivity index (χ1) is 36.0. The fraction of sp³-hybridized carbons (Fsp3) is 0.687. The van der Waals surface area contributed by atoms with Gasteiger partial charge in [-0.15, -0.1) is 0 Å². The van der Waals surface area contributed by atoms with Gasteiger partial charge in [-0.25, -0.2) is 0 Å². The molecule has 0 bridgehead atoms. The molecule has 0 aromatic rings. The van der Waals surface area contributed by atoms with E-state index >= 15 is 0 Å². The Labute approximate surface area is 450 Å². The zero-order valence-electron chi connectivity index (χ0n) is 47.6. The third-order valence-corrected chi connectivity index (χ3v) is 12.8. The summed E-state index contributed by atoms with van der Waals surface area (Å²) in [5.74, 6) is -1.05. The Bertz CT molecular complexity index is 1490. The Balaban J connectivity index is 4.55. The van der Waals surface area contributed by atoms with Crippen LogP contribution in [0.25, 0.3) is 0 Å². The number of hydrogen-bond donors (Lipinski definition) is 0. The highest BCUT2D eigenvalue weighted by atomic mass is 16.6. The molecule has 0 aliphatic carbocycles. The van der Waals surface area contributed by atoms with Crippen molar-refractivity contribution in [2.24, 2.45) is 0 Å². The van der Waals surface area contributed by atoms with Crippen LogP contribution in [0.4, 0.5) is 0 Å². The quantitative estimate of drug-likeness (QED) is 0.0261. The van der Waals surface area contributed by atoms with E-state index in [1.807, 2.05) is 6.08 Å². The SMILES string of the molecule is CC/C=C\C/C=C\C/C=C\C/C=C\C/C=C\C/C=C\CCC(=O)OC[C@H](COC(=O)CCC/C=C\C/C=C\C/C=C\CCCCCCCC)OC(=O)CCCCCCCCCCCCCCCCCCCCC. The van der Waals surface area contributed by atoms with Crippen LogP contribution in [0.2, 0.25) is 0 Å². The van der Waals surface area contributed by atoms with Crippen molar-refractivity contribution >= 4 is 17.9 Å². The molecular formula is C67H112O6. The molecule has 73 heavy (non-hydrogen) atoms. The maximum atomic E-state index is 12.9. The molecule has 0 radical (unpaired) electrons. The highest BCUT2D eigenvalue weighted by Gasteiger charge is 2.19. The van der Waals surface area contributed by atoms with Crippen molar-refractivity contribution in [2.45, 2.75) is 284 Å². The zero-order chi connectivity index (χ0) is 52.9. The summed E-state index contributed by atoms with van der Waals surface area (Å²) in [4.78, 5) is 38.2. The van der Waals surface area contributed by atoms with Crippen molar-refractivity contribution in [3.05, 3.63) is 109 Å². The van der Waals surface area contributed by atoms with Gasteiger partial charge < -0.3 is 14.2 Å². The summed E-state index contributed by atoms with van der Waals surface area (Å²) in [6.45, 7) is 6.43. The average Bonchev–Trinajstić information content (AvgIpc) is 3.39. The molecule has 0 unspecified atom stereocenters. The van der Waals surface area contributed by atoms with Crippen molar-refractivity contribution in [3.8, 4) is 0 Å². The van der Waals surface area contributed by atoms with Gasteiger partial charge in [-0.2, -0.15) is 0 Å². The lowest BCUT2D eigenvalue weighted by Crippen LogP contribution is -2.30. The van der Waals surface area contributed by atoms with E-state index in [1.165, 1.54) is 148 Å². The summed E-state index contributed by atoms with van der Waals surface area (Å²) >= 11 is 0. The Morgan fingerprint density at radius 3 is 0.959 bits per heavy atom. The van der Waals surface area contributed by atoms with Crippen molar-refractivity contribution in [1.82, 2.24) is 0 Å². The lowest BCUT2D eigenvalue weighted by Gasteiger charge is -2.18. The van der Waals surface area contributed by atoms with E-state index in [2.05, 4.69) is 124 Å². The van der Waals surface area contributed by atoms with Gasteiger partial charge in [0.2, 0.25) is 0 Å². The number of carbonyl (C=O) groups is 3. The lowest BCUT2D eigenvalue weighted by molar-refractivity contribution is -0.166.